The number of aromatic nitrogens is 2. The number of pyridine rings is 2. The van der Waals surface area contributed by atoms with Gasteiger partial charge >= 0.3 is 0 Å². The molecule has 2 aliphatic heterocycles. The van der Waals surface area contributed by atoms with Gasteiger partial charge in [0.2, 0.25) is 0 Å². The molecule has 8 rings (SSSR count). The molecule has 2 aliphatic rings. The smallest absolute Gasteiger partial charge is 0.129 e. The normalized spacial score (nSPS) is 15.4. The second-order valence-corrected chi connectivity index (χ2v) is 13.0. The molecule has 0 fully saturated rings. The molecule has 0 saturated carbocycles. The highest BCUT2D eigenvalue weighted by molar-refractivity contribution is 5.92. The number of rotatable bonds is 7. The van der Waals surface area contributed by atoms with Crippen molar-refractivity contribution in [2.75, 3.05) is 35.1 Å². The van der Waals surface area contributed by atoms with E-state index in [-0.39, 0.29) is 5.54 Å². The second kappa shape index (κ2) is 12.6. The maximum absolute atomic E-state index is 6.51. The monoisotopic (exact) mass is 642 g/mol. The van der Waals surface area contributed by atoms with Crippen LogP contribution in [-0.2, 0) is 5.54 Å². The lowest BCUT2D eigenvalue weighted by atomic mass is 9.88. The first-order valence-electron chi connectivity index (χ1n) is 16.6. The van der Waals surface area contributed by atoms with Crippen molar-refractivity contribution in [1.82, 2.24) is 14.9 Å². The second-order valence-electron chi connectivity index (χ2n) is 13.0. The van der Waals surface area contributed by atoms with Crippen LogP contribution < -0.4 is 19.4 Å². The molecule has 7 nitrogen and oxygen atoms in total. The summed E-state index contributed by atoms with van der Waals surface area (Å²) in [5.74, 6) is 1.58. The summed E-state index contributed by atoms with van der Waals surface area (Å²) >= 11 is 0. The molecular formula is C42H38N6O. The summed E-state index contributed by atoms with van der Waals surface area (Å²) in [5, 5.41) is 0. The molecule has 0 aliphatic carbocycles. The van der Waals surface area contributed by atoms with E-state index in [1.807, 2.05) is 36.9 Å². The van der Waals surface area contributed by atoms with Crippen LogP contribution in [-0.4, -0.2) is 35.3 Å². The van der Waals surface area contributed by atoms with E-state index >= 15 is 0 Å². The maximum atomic E-state index is 6.51. The van der Waals surface area contributed by atoms with Crippen molar-refractivity contribution >= 4 is 22.7 Å². The van der Waals surface area contributed by atoms with Gasteiger partial charge in [0.15, 0.2) is 0 Å². The molecular weight excluding hydrogens is 605 g/mol. The predicted molar refractivity (Wildman–Crippen MR) is 199 cm³/mol. The van der Waals surface area contributed by atoms with Gasteiger partial charge in [-0.25, -0.2) is 0 Å². The Kier molecular flexibility index (Phi) is 7.82. The van der Waals surface area contributed by atoms with Crippen molar-refractivity contribution in [3.05, 3.63) is 158 Å². The number of fused-ring (bicyclic) bond motifs is 1. The molecule has 4 heterocycles. The lowest BCUT2D eigenvalue weighted by molar-refractivity contribution is 0.150. The third-order valence-corrected chi connectivity index (χ3v) is 9.71. The van der Waals surface area contributed by atoms with Crippen LogP contribution in [0, 0.1) is 0 Å². The quantitative estimate of drug-likeness (QED) is 0.172. The SMILES string of the molecule is CN1CN(c2cccc(Oc3cccc(N4C=CN(c5c(-c6ccncc6)cccc5-c5ccncc5)C4)c3)c2)c2ccccc2C1(C)C. The molecule has 0 bridgehead atoms. The Labute approximate surface area is 288 Å². The van der Waals surface area contributed by atoms with Gasteiger partial charge in [-0.3, -0.25) is 14.9 Å². The Morgan fingerprint density at radius 2 is 1.16 bits per heavy atom. The summed E-state index contributed by atoms with van der Waals surface area (Å²) in [7, 11) is 2.18. The molecule has 4 aromatic carbocycles. The largest absolute Gasteiger partial charge is 0.457 e. The minimum absolute atomic E-state index is 0.0526. The first-order valence-corrected chi connectivity index (χ1v) is 16.6. The van der Waals surface area contributed by atoms with Crippen LogP contribution >= 0.6 is 0 Å². The molecule has 0 radical (unpaired) electrons. The van der Waals surface area contributed by atoms with E-state index in [1.165, 1.54) is 11.3 Å². The van der Waals surface area contributed by atoms with Gasteiger partial charge in [-0.15, -0.1) is 0 Å². The van der Waals surface area contributed by atoms with Crippen molar-refractivity contribution in [3.63, 3.8) is 0 Å². The van der Waals surface area contributed by atoms with Gasteiger partial charge in [0.05, 0.1) is 19.0 Å². The summed E-state index contributed by atoms with van der Waals surface area (Å²) in [6.45, 7) is 6.00. The molecule has 0 amide bonds. The molecule has 0 N–H and O–H groups in total. The van der Waals surface area contributed by atoms with Crippen LogP contribution in [0.4, 0.5) is 22.7 Å². The lowest BCUT2D eigenvalue weighted by Crippen LogP contribution is -2.49. The van der Waals surface area contributed by atoms with Gasteiger partial charge in [0.1, 0.15) is 11.5 Å². The zero-order chi connectivity index (χ0) is 33.4. The van der Waals surface area contributed by atoms with Crippen molar-refractivity contribution in [3.8, 4) is 33.8 Å². The Balaban J connectivity index is 1.05. The van der Waals surface area contributed by atoms with E-state index < -0.39 is 0 Å². The fourth-order valence-electron chi connectivity index (χ4n) is 6.81. The average Bonchev–Trinajstić information content (AvgIpc) is 3.64. The zero-order valence-corrected chi connectivity index (χ0v) is 27.9. The molecule has 7 heteroatoms. The van der Waals surface area contributed by atoms with Crippen molar-refractivity contribution < 1.29 is 4.74 Å². The fraction of sp³-hybridized carbons (Fsp3) is 0.143. The first-order chi connectivity index (χ1) is 24.0. The van der Waals surface area contributed by atoms with Gasteiger partial charge in [-0.1, -0.05) is 48.5 Å². The lowest BCUT2D eigenvalue weighted by Gasteiger charge is -2.47. The van der Waals surface area contributed by atoms with Gasteiger partial charge in [-0.05, 0) is 92.2 Å². The summed E-state index contributed by atoms with van der Waals surface area (Å²) in [4.78, 5) is 17.8. The Morgan fingerprint density at radius 3 is 1.84 bits per heavy atom. The van der Waals surface area contributed by atoms with Crippen molar-refractivity contribution in [2.45, 2.75) is 19.4 Å². The molecule has 0 saturated heterocycles. The van der Waals surface area contributed by atoms with Crippen LogP contribution in [0.5, 0.6) is 11.5 Å². The van der Waals surface area contributed by atoms with Crippen molar-refractivity contribution in [1.29, 1.82) is 0 Å². The number of nitrogens with zero attached hydrogens (tertiary/aromatic N) is 6. The first kappa shape index (κ1) is 30.4. The Hall–Kier alpha value is -5.92. The maximum Gasteiger partial charge on any atom is 0.129 e. The Bertz CT molecular complexity index is 2070. The fourth-order valence-corrected chi connectivity index (χ4v) is 6.81. The van der Waals surface area contributed by atoms with E-state index in [2.05, 4.69) is 166 Å². The van der Waals surface area contributed by atoms with E-state index in [9.17, 15) is 0 Å². The minimum Gasteiger partial charge on any atom is -0.457 e. The van der Waals surface area contributed by atoms with Crippen LogP contribution in [0.2, 0.25) is 0 Å². The van der Waals surface area contributed by atoms with Crippen LogP contribution in [0.25, 0.3) is 22.3 Å². The molecule has 49 heavy (non-hydrogen) atoms. The zero-order valence-electron chi connectivity index (χ0n) is 27.9. The third-order valence-electron chi connectivity index (χ3n) is 9.71. The minimum atomic E-state index is -0.0526. The van der Waals surface area contributed by atoms with E-state index in [4.69, 9.17) is 4.74 Å². The molecule has 0 unspecified atom stereocenters. The molecule has 242 valence electrons. The third kappa shape index (κ3) is 5.79. The standard InChI is InChI=1S/C42H38N6O/c1-42(2)39-15-4-5-16-40(39)48(29-45(42)3)34-10-7-12-36(28-34)49-35-11-6-9-33(27-35)46-25-26-47(30-46)41-37(31-17-21-43-22-18-31)13-8-14-38(41)32-19-23-44-24-20-32/h4-28H,29-30H2,1-3H3. The van der Waals surface area contributed by atoms with Gasteiger partial charge in [0, 0.05) is 83.0 Å². The topological polar surface area (TPSA) is 48.0 Å². The number of anilines is 4. The number of hydrogen-bond donors (Lipinski definition) is 0. The number of benzene rings is 4. The highest BCUT2D eigenvalue weighted by atomic mass is 16.5. The number of hydrogen-bond acceptors (Lipinski definition) is 7. The average molecular weight is 643 g/mol. The van der Waals surface area contributed by atoms with Crippen LogP contribution in [0.1, 0.15) is 19.4 Å². The van der Waals surface area contributed by atoms with E-state index in [1.54, 1.807) is 0 Å². The van der Waals surface area contributed by atoms with Crippen LogP contribution in [0.15, 0.2) is 152 Å². The van der Waals surface area contributed by atoms with Gasteiger partial charge < -0.3 is 19.4 Å². The van der Waals surface area contributed by atoms with Gasteiger partial charge in [-0.2, -0.15) is 0 Å². The molecule has 6 aromatic rings. The molecule has 0 spiro atoms. The molecule has 0 atom stereocenters. The van der Waals surface area contributed by atoms with Gasteiger partial charge in [0.25, 0.3) is 0 Å². The summed E-state index contributed by atoms with van der Waals surface area (Å²) in [6, 6.07) is 40.1. The van der Waals surface area contributed by atoms with E-state index in [0.29, 0.717) is 6.67 Å². The number of para-hydroxylation sites is 2. The number of ether oxygens (including phenoxy) is 1. The summed E-state index contributed by atoms with van der Waals surface area (Å²) < 4.78 is 6.51. The highest BCUT2D eigenvalue weighted by Gasteiger charge is 2.35. The molecule has 2 aromatic heterocycles. The van der Waals surface area contributed by atoms with E-state index in [0.717, 1.165) is 57.5 Å². The Morgan fingerprint density at radius 1 is 0.592 bits per heavy atom. The predicted octanol–water partition coefficient (Wildman–Crippen LogP) is 9.63. The summed E-state index contributed by atoms with van der Waals surface area (Å²) in [6.07, 6.45) is 11.7. The summed E-state index contributed by atoms with van der Waals surface area (Å²) in [5.41, 5.74) is 10.3. The van der Waals surface area contributed by atoms with Crippen LogP contribution in [0.3, 0.4) is 0 Å². The van der Waals surface area contributed by atoms with Crippen molar-refractivity contribution in [2.24, 2.45) is 0 Å². The highest BCUT2D eigenvalue weighted by Crippen LogP contribution is 2.44.